The summed E-state index contributed by atoms with van der Waals surface area (Å²) in [4.78, 5) is 17.4. The van der Waals surface area contributed by atoms with Gasteiger partial charge in [0.05, 0.1) is 12.0 Å². The van der Waals surface area contributed by atoms with Gasteiger partial charge in [-0.15, -0.1) is 11.3 Å². The molecule has 1 aliphatic carbocycles. The second-order valence-corrected chi connectivity index (χ2v) is 5.39. The molecule has 0 radical (unpaired) electrons. The quantitative estimate of drug-likeness (QED) is 0.796. The van der Waals surface area contributed by atoms with E-state index >= 15 is 0 Å². The van der Waals surface area contributed by atoms with E-state index in [9.17, 15) is 4.79 Å². The van der Waals surface area contributed by atoms with Crippen molar-refractivity contribution in [3.05, 3.63) is 29.9 Å². The average molecular weight is 262 g/mol. The molecule has 1 saturated carbocycles. The Morgan fingerprint density at radius 3 is 3.06 bits per heavy atom. The molecule has 3 rings (SSSR count). The highest BCUT2D eigenvalue weighted by Gasteiger charge is 2.39. The van der Waals surface area contributed by atoms with Crippen LogP contribution in [0, 0.1) is 5.92 Å². The van der Waals surface area contributed by atoms with Crippen molar-refractivity contribution >= 4 is 17.3 Å². The van der Waals surface area contributed by atoms with E-state index in [-0.39, 0.29) is 12.0 Å². The molecule has 18 heavy (non-hydrogen) atoms. The predicted octanol–water partition coefficient (Wildman–Crippen LogP) is 2.74. The Kier molecular flexibility index (Phi) is 2.91. The topological polar surface area (TPSA) is 44.1 Å². The van der Waals surface area contributed by atoms with Crippen LogP contribution in [0.5, 0.6) is 0 Å². The third kappa shape index (κ3) is 1.95. The van der Waals surface area contributed by atoms with E-state index in [0.717, 1.165) is 23.5 Å². The summed E-state index contributed by atoms with van der Waals surface area (Å²) in [5.74, 6) is 1.07. The number of hydrogen-bond donors (Lipinski definition) is 0. The number of carbonyl (C=O) groups excluding carboxylic acids is 1. The fraction of sp³-hybridized carbons (Fsp3) is 0.385. The zero-order valence-electron chi connectivity index (χ0n) is 10.1. The molecule has 0 saturated heterocycles. The number of nitrogens with zero attached hydrogens (tertiary/aromatic N) is 2. The maximum Gasteiger partial charge on any atom is 0.329 e. The minimum atomic E-state index is -0.227. The highest BCUT2D eigenvalue weighted by atomic mass is 32.1. The monoisotopic (exact) mass is 262 g/mol. The maximum atomic E-state index is 11.9. The third-order valence-corrected chi connectivity index (χ3v) is 4.09. The van der Waals surface area contributed by atoms with Gasteiger partial charge in [0.15, 0.2) is 5.82 Å². The molecule has 2 aromatic rings. The van der Waals surface area contributed by atoms with Crippen molar-refractivity contribution in [1.29, 1.82) is 0 Å². The van der Waals surface area contributed by atoms with Gasteiger partial charge in [0, 0.05) is 12.4 Å². The van der Waals surface area contributed by atoms with Crippen molar-refractivity contribution in [2.45, 2.75) is 18.9 Å². The molecule has 94 valence electrons. The van der Waals surface area contributed by atoms with E-state index in [4.69, 9.17) is 4.74 Å². The van der Waals surface area contributed by atoms with Crippen molar-refractivity contribution in [3.63, 3.8) is 0 Å². The van der Waals surface area contributed by atoms with Crippen molar-refractivity contribution in [2.24, 2.45) is 5.92 Å². The number of imidazole rings is 1. The zero-order valence-corrected chi connectivity index (χ0v) is 10.9. The Labute approximate surface area is 109 Å². The van der Waals surface area contributed by atoms with Gasteiger partial charge in [0.1, 0.15) is 6.04 Å². The smallest absolute Gasteiger partial charge is 0.329 e. The van der Waals surface area contributed by atoms with Crippen LogP contribution in [0.2, 0.25) is 0 Å². The fourth-order valence-electron chi connectivity index (χ4n) is 2.20. The number of aromatic nitrogens is 2. The summed E-state index contributed by atoms with van der Waals surface area (Å²) in [6, 6.07) is 3.78. The van der Waals surface area contributed by atoms with Crippen molar-refractivity contribution in [3.8, 4) is 10.7 Å². The molecular weight excluding hydrogens is 248 g/mol. The molecule has 1 aliphatic rings. The van der Waals surface area contributed by atoms with Gasteiger partial charge >= 0.3 is 5.97 Å². The molecular formula is C13H14N2O2S. The van der Waals surface area contributed by atoms with E-state index in [1.165, 1.54) is 7.11 Å². The molecule has 0 bridgehead atoms. The first-order valence-corrected chi connectivity index (χ1v) is 6.83. The summed E-state index contributed by atoms with van der Waals surface area (Å²) in [6.45, 7) is 0. The third-order valence-electron chi connectivity index (χ3n) is 3.22. The molecule has 0 amide bonds. The van der Waals surface area contributed by atoms with Crippen LogP contribution in [0.15, 0.2) is 29.9 Å². The van der Waals surface area contributed by atoms with E-state index in [2.05, 4.69) is 4.98 Å². The standard InChI is InChI=1S/C13H14N2O2S/c1-17-13(16)11(9-4-5-9)15-7-6-14-12(15)10-3-2-8-18-10/h2-3,6-9,11H,4-5H2,1H3. The summed E-state index contributed by atoms with van der Waals surface area (Å²) in [7, 11) is 1.44. The number of rotatable bonds is 4. The molecule has 1 fully saturated rings. The largest absolute Gasteiger partial charge is 0.467 e. The minimum Gasteiger partial charge on any atom is -0.467 e. The maximum absolute atomic E-state index is 11.9. The second kappa shape index (κ2) is 4.57. The number of ether oxygens (including phenoxy) is 1. The molecule has 1 atom stereocenters. The lowest BCUT2D eigenvalue weighted by molar-refractivity contribution is -0.145. The Balaban J connectivity index is 2.00. The zero-order chi connectivity index (χ0) is 12.5. The van der Waals surface area contributed by atoms with Gasteiger partial charge in [0.25, 0.3) is 0 Å². The number of methoxy groups -OCH3 is 1. The summed E-state index contributed by atoms with van der Waals surface area (Å²) < 4.78 is 6.88. The lowest BCUT2D eigenvalue weighted by atomic mass is 10.2. The number of thiophene rings is 1. The van der Waals surface area contributed by atoms with Crippen LogP contribution < -0.4 is 0 Å². The van der Waals surface area contributed by atoms with Gasteiger partial charge in [-0.05, 0) is 30.2 Å². The Bertz CT molecular complexity index is 543. The Hall–Kier alpha value is -1.62. The van der Waals surface area contributed by atoms with E-state index in [1.54, 1.807) is 17.5 Å². The predicted molar refractivity (Wildman–Crippen MR) is 69.3 cm³/mol. The van der Waals surface area contributed by atoms with Crippen LogP contribution in [0.4, 0.5) is 0 Å². The van der Waals surface area contributed by atoms with Crippen molar-refractivity contribution in [1.82, 2.24) is 9.55 Å². The Morgan fingerprint density at radius 2 is 2.44 bits per heavy atom. The van der Waals surface area contributed by atoms with E-state index in [0.29, 0.717) is 5.92 Å². The lowest BCUT2D eigenvalue weighted by Crippen LogP contribution is -2.22. The normalized spacial score (nSPS) is 16.5. The SMILES string of the molecule is COC(=O)C(C1CC1)n1ccnc1-c1cccs1. The first-order valence-electron chi connectivity index (χ1n) is 5.96. The highest BCUT2D eigenvalue weighted by molar-refractivity contribution is 7.13. The molecule has 2 heterocycles. The second-order valence-electron chi connectivity index (χ2n) is 4.44. The Morgan fingerprint density at radius 1 is 1.61 bits per heavy atom. The van der Waals surface area contributed by atoms with Crippen molar-refractivity contribution in [2.75, 3.05) is 7.11 Å². The van der Waals surface area contributed by atoms with Crippen molar-refractivity contribution < 1.29 is 9.53 Å². The molecule has 0 N–H and O–H groups in total. The van der Waals surface area contributed by atoms with Crippen LogP contribution in [0.1, 0.15) is 18.9 Å². The molecule has 0 spiro atoms. The van der Waals surface area contributed by atoms with Crippen LogP contribution in [0.3, 0.4) is 0 Å². The highest BCUT2D eigenvalue weighted by Crippen LogP contribution is 2.42. The van der Waals surface area contributed by atoms with E-state index in [1.807, 2.05) is 28.3 Å². The molecule has 0 aromatic carbocycles. The molecule has 2 aromatic heterocycles. The van der Waals surface area contributed by atoms with Gasteiger partial charge < -0.3 is 9.30 Å². The van der Waals surface area contributed by atoms with Gasteiger partial charge in [-0.25, -0.2) is 9.78 Å². The molecule has 4 nitrogen and oxygen atoms in total. The fourth-order valence-corrected chi connectivity index (χ4v) is 2.92. The summed E-state index contributed by atoms with van der Waals surface area (Å²) in [5.41, 5.74) is 0. The minimum absolute atomic E-state index is 0.173. The van der Waals surface area contributed by atoms with Gasteiger partial charge in [-0.3, -0.25) is 0 Å². The molecule has 1 unspecified atom stereocenters. The first kappa shape index (κ1) is 11.5. The summed E-state index contributed by atoms with van der Waals surface area (Å²) in [6.07, 6.45) is 5.78. The molecule has 0 aliphatic heterocycles. The lowest BCUT2D eigenvalue weighted by Gasteiger charge is -2.17. The first-order chi connectivity index (χ1) is 8.81. The van der Waals surface area contributed by atoms with E-state index < -0.39 is 0 Å². The van der Waals surface area contributed by atoms with Gasteiger partial charge in [-0.1, -0.05) is 6.07 Å². The number of hydrogen-bond acceptors (Lipinski definition) is 4. The van der Waals surface area contributed by atoms with Gasteiger partial charge in [-0.2, -0.15) is 0 Å². The van der Waals surface area contributed by atoms with Gasteiger partial charge in [0.2, 0.25) is 0 Å². The number of esters is 1. The number of carbonyl (C=O) groups is 1. The average Bonchev–Trinajstić information content (AvgIpc) is 2.90. The van der Waals surface area contributed by atoms with Crippen LogP contribution in [-0.2, 0) is 9.53 Å². The van der Waals surface area contributed by atoms with Crippen LogP contribution in [0.25, 0.3) is 10.7 Å². The molecule has 5 heteroatoms. The summed E-state index contributed by atoms with van der Waals surface area (Å²) in [5, 5.41) is 2.01. The van der Waals surface area contributed by atoms with Crippen LogP contribution >= 0.6 is 11.3 Å². The summed E-state index contributed by atoms with van der Waals surface area (Å²) >= 11 is 1.63. The van der Waals surface area contributed by atoms with Crippen LogP contribution in [-0.4, -0.2) is 22.6 Å².